The van der Waals surface area contributed by atoms with Crippen molar-refractivity contribution in [3.05, 3.63) is 18.2 Å². The number of imidazole rings is 1. The molecule has 1 amide bonds. The maximum absolute atomic E-state index is 12.4. The predicted molar refractivity (Wildman–Crippen MR) is 86.4 cm³/mol. The summed E-state index contributed by atoms with van der Waals surface area (Å²) in [6, 6.07) is 0.427. The predicted octanol–water partition coefficient (Wildman–Crippen LogP) is 2.11. The van der Waals surface area contributed by atoms with Crippen LogP contribution in [0.5, 0.6) is 0 Å². The quantitative estimate of drug-likeness (QED) is 0.876. The number of nitrogens with one attached hydrogen (secondary N) is 2. The summed E-state index contributed by atoms with van der Waals surface area (Å²) in [6.45, 7) is 4.09. The molecule has 22 heavy (non-hydrogen) atoms. The molecule has 0 unspecified atom stereocenters. The van der Waals surface area contributed by atoms with E-state index in [-0.39, 0.29) is 11.9 Å². The number of piperidine rings is 1. The molecule has 5 heteroatoms. The van der Waals surface area contributed by atoms with E-state index in [4.69, 9.17) is 0 Å². The van der Waals surface area contributed by atoms with Gasteiger partial charge >= 0.3 is 0 Å². The molecule has 0 bridgehead atoms. The lowest BCUT2D eigenvalue weighted by atomic mass is 9.92. The van der Waals surface area contributed by atoms with Gasteiger partial charge in [-0.15, -0.1) is 0 Å². The van der Waals surface area contributed by atoms with Crippen molar-refractivity contribution in [3.8, 4) is 0 Å². The number of hydrogen-bond donors (Lipinski definition) is 2. The van der Waals surface area contributed by atoms with Crippen LogP contribution in [0.15, 0.2) is 12.4 Å². The van der Waals surface area contributed by atoms with Crippen LogP contribution in [0.1, 0.15) is 51.3 Å². The number of H-pyrrole nitrogens is 1. The number of aromatic nitrogens is 2. The molecule has 2 N–H and O–H groups in total. The Morgan fingerprint density at radius 3 is 2.73 bits per heavy atom. The lowest BCUT2D eigenvalue weighted by Gasteiger charge is -2.35. The minimum absolute atomic E-state index is 0.00478. The van der Waals surface area contributed by atoms with Crippen molar-refractivity contribution in [1.29, 1.82) is 0 Å². The number of aromatic amines is 1. The van der Waals surface area contributed by atoms with Crippen LogP contribution in [0.3, 0.4) is 0 Å². The molecule has 3 rings (SSSR count). The third kappa shape index (κ3) is 3.88. The van der Waals surface area contributed by atoms with Crippen LogP contribution in [0.4, 0.5) is 0 Å². The van der Waals surface area contributed by atoms with Crippen molar-refractivity contribution in [2.75, 3.05) is 13.1 Å². The van der Waals surface area contributed by atoms with Gasteiger partial charge < -0.3 is 10.3 Å². The van der Waals surface area contributed by atoms with Crippen LogP contribution in [0.25, 0.3) is 0 Å². The highest BCUT2D eigenvalue weighted by Gasteiger charge is 2.28. The summed E-state index contributed by atoms with van der Waals surface area (Å²) in [4.78, 5) is 22.2. The molecular formula is C17H28N4O. The van der Waals surface area contributed by atoms with E-state index in [1.165, 1.54) is 12.8 Å². The number of nitrogens with zero attached hydrogens (tertiary/aromatic N) is 2. The molecule has 0 spiro atoms. The molecule has 1 saturated heterocycles. The molecule has 1 aliphatic carbocycles. The number of likely N-dealkylation sites (tertiary alicyclic amines) is 1. The zero-order chi connectivity index (χ0) is 15.4. The standard InChI is InChI=1S/C17H28N4O/c1-13(17(22)20-15-4-2-3-5-15)21-10-6-14(7-11-21)12-16-18-8-9-19-16/h8-9,13-15H,2-7,10-12H2,1H3,(H,18,19)(H,20,22)/t13-/m1/s1. The minimum atomic E-state index is 0.00478. The Bertz CT molecular complexity index is 459. The zero-order valence-electron chi connectivity index (χ0n) is 13.6. The third-order valence-electron chi connectivity index (χ3n) is 5.31. The van der Waals surface area contributed by atoms with Crippen LogP contribution < -0.4 is 5.32 Å². The van der Waals surface area contributed by atoms with Gasteiger partial charge in [-0.25, -0.2) is 4.98 Å². The summed E-state index contributed by atoms with van der Waals surface area (Å²) < 4.78 is 0. The fraction of sp³-hybridized carbons (Fsp3) is 0.765. The molecule has 122 valence electrons. The van der Waals surface area contributed by atoms with E-state index in [2.05, 4.69) is 27.1 Å². The summed E-state index contributed by atoms with van der Waals surface area (Å²) in [7, 11) is 0. The summed E-state index contributed by atoms with van der Waals surface area (Å²) in [5.74, 6) is 1.99. The van der Waals surface area contributed by atoms with Crippen LogP contribution in [0.2, 0.25) is 0 Å². The molecule has 1 aromatic heterocycles. The first-order valence-corrected chi connectivity index (χ1v) is 8.75. The second-order valence-electron chi connectivity index (χ2n) is 6.89. The van der Waals surface area contributed by atoms with Crippen LogP contribution >= 0.6 is 0 Å². The van der Waals surface area contributed by atoms with Gasteiger partial charge in [-0.1, -0.05) is 12.8 Å². The summed E-state index contributed by atoms with van der Waals surface area (Å²) in [5, 5.41) is 3.23. The van der Waals surface area contributed by atoms with Gasteiger partial charge in [0, 0.05) is 24.9 Å². The minimum Gasteiger partial charge on any atom is -0.352 e. The monoisotopic (exact) mass is 304 g/mol. The molecule has 2 fully saturated rings. The molecule has 0 radical (unpaired) electrons. The molecule has 2 heterocycles. The fourth-order valence-corrected chi connectivity index (χ4v) is 3.79. The van der Waals surface area contributed by atoms with Crippen LogP contribution in [0, 0.1) is 5.92 Å². The van der Waals surface area contributed by atoms with Crippen molar-refractivity contribution in [2.45, 2.75) is 64.0 Å². The van der Waals surface area contributed by atoms with Gasteiger partial charge in [0.15, 0.2) is 0 Å². The van der Waals surface area contributed by atoms with E-state index in [0.29, 0.717) is 12.0 Å². The second-order valence-corrected chi connectivity index (χ2v) is 6.89. The van der Waals surface area contributed by atoms with E-state index in [1.54, 1.807) is 0 Å². The first-order valence-electron chi connectivity index (χ1n) is 8.75. The van der Waals surface area contributed by atoms with Crippen molar-refractivity contribution < 1.29 is 4.79 Å². The largest absolute Gasteiger partial charge is 0.352 e. The molecule has 1 saturated carbocycles. The summed E-state index contributed by atoms with van der Waals surface area (Å²) >= 11 is 0. The van der Waals surface area contributed by atoms with Gasteiger partial charge in [0.2, 0.25) is 5.91 Å². The third-order valence-corrected chi connectivity index (χ3v) is 5.31. The van der Waals surface area contributed by atoms with Crippen molar-refractivity contribution in [1.82, 2.24) is 20.2 Å². The van der Waals surface area contributed by atoms with Gasteiger partial charge in [-0.05, 0) is 51.6 Å². The van der Waals surface area contributed by atoms with E-state index < -0.39 is 0 Å². The number of rotatable bonds is 5. The molecule has 5 nitrogen and oxygen atoms in total. The molecule has 1 atom stereocenters. The first kappa shape index (κ1) is 15.5. The van der Waals surface area contributed by atoms with Crippen LogP contribution in [-0.2, 0) is 11.2 Å². The topological polar surface area (TPSA) is 61.0 Å². The molecule has 0 aromatic carbocycles. The highest BCUT2D eigenvalue weighted by atomic mass is 16.2. The molecule has 1 aromatic rings. The molecule has 1 aliphatic heterocycles. The highest BCUT2D eigenvalue weighted by molar-refractivity contribution is 5.81. The average Bonchev–Trinajstić information content (AvgIpc) is 3.21. The molecule has 2 aliphatic rings. The van der Waals surface area contributed by atoms with Gasteiger partial charge in [-0.3, -0.25) is 9.69 Å². The first-order chi connectivity index (χ1) is 10.7. The zero-order valence-corrected chi connectivity index (χ0v) is 13.6. The maximum atomic E-state index is 12.4. The smallest absolute Gasteiger partial charge is 0.237 e. The Hall–Kier alpha value is -1.36. The number of carbonyl (C=O) groups excluding carboxylic acids is 1. The van der Waals surface area contributed by atoms with Crippen molar-refractivity contribution in [3.63, 3.8) is 0 Å². The fourth-order valence-electron chi connectivity index (χ4n) is 3.79. The Balaban J connectivity index is 1.42. The normalized spacial score (nSPS) is 22.8. The number of carbonyl (C=O) groups is 1. The van der Waals surface area contributed by atoms with Crippen molar-refractivity contribution >= 4 is 5.91 Å². The Morgan fingerprint density at radius 1 is 1.36 bits per heavy atom. The van der Waals surface area contributed by atoms with Crippen LogP contribution in [-0.4, -0.2) is 45.9 Å². The lowest BCUT2D eigenvalue weighted by Crippen LogP contribution is -2.50. The van der Waals surface area contributed by atoms with Gasteiger partial charge in [-0.2, -0.15) is 0 Å². The van der Waals surface area contributed by atoms with E-state index in [1.807, 2.05) is 12.4 Å². The van der Waals surface area contributed by atoms with Gasteiger partial charge in [0.25, 0.3) is 0 Å². The maximum Gasteiger partial charge on any atom is 0.237 e. The average molecular weight is 304 g/mol. The number of amides is 1. The lowest BCUT2D eigenvalue weighted by molar-refractivity contribution is -0.127. The SMILES string of the molecule is C[C@H](C(=O)NC1CCCC1)N1CCC(Cc2ncc[nH]2)CC1. The van der Waals surface area contributed by atoms with E-state index >= 15 is 0 Å². The van der Waals surface area contributed by atoms with Crippen molar-refractivity contribution in [2.24, 2.45) is 5.92 Å². The van der Waals surface area contributed by atoms with Gasteiger partial charge in [0.05, 0.1) is 6.04 Å². The Kier molecular flexibility index (Phi) is 5.13. The second kappa shape index (κ2) is 7.27. The van der Waals surface area contributed by atoms with Gasteiger partial charge in [0.1, 0.15) is 5.82 Å². The number of hydrogen-bond acceptors (Lipinski definition) is 3. The summed E-state index contributed by atoms with van der Waals surface area (Å²) in [5.41, 5.74) is 0. The summed E-state index contributed by atoms with van der Waals surface area (Å²) in [6.07, 6.45) is 11.9. The molecular weight excluding hydrogens is 276 g/mol. The Labute approximate surface area is 132 Å². The van der Waals surface area contributed by atoms with E-state index in [9.17, 15) is 4.79 Å². The highest BCUT2D eigenvalue weighted by Crippen LogP contribution is 2.22. The van der Waals surface area contributed by atoms with E-state index in [0.717, 1.165) is 51.0 Å². The Morgan fingerprint density at radius 2 is 2.09 bits per heavy atom.